The molecule has 0 aliphatic heterocycles. The minimum Gasteiger partial charge on any atom is -0.289 e. The molecule has 0 radical (unpaired) electrons. The summed E-state index contributed by atoms with van der Waals surface area (Å²) in [5, 5.41) is 1.02. The number of carbonyl (C=O) groups is 1. The number of hydrogen-bond acceptors (Lipinski definition) is 3. The van der Waals surface area contributed by atoms with E-state index in [0.717, 1.165) is 23.1 Å². The van der Waals surface area contributed by atoms with Crippen LogP contribution in [0.2, 0.25) is 0 Å². The molecule has 3 heteroatoms. The number of fused-ring (bicyclic) bond motifs is 2. The van der Waals surface area contributed by atoms with Crippen LogP contribution in [0.3, 0.4) is 0 Å². The maximum absolute atomic E-state index is 13.0. The van der Waals surface area contributed by atoms with Gasteiger partial charge in [-0.15, -0.1) is 23.5 Å². The van der Waals surface area contributed by atoms with Crippen LogP contribution in [-0.2, 0) is 6.42 Å². The van der Waals surface area contributed by atoms with E-state index in [-0.39, 0.29) is 5.78 Å². The zero-order valence-corrected chi connectivity index (χ0v) is 15.7. The normalized spacial score (nSPS) is 13.4. The smallest absolute Gasteiger partial charge is 0.193 e. The summed E-state index contributed by atoms with van der Waals surface area (Å²) in [6.45, 7) is 8.79. The van der Waals surface area contributed by atoms with E-state index in [4.69, 9.17) is 0 Å². The van der Waals surface area contributed by atoms with Gasteiger partial charge in [0.05, 0.1) is 0 Å². The molecule has 0 unspecified atom stereocenters. The number of carbonyl (C=O) groups excluding carboxylic acids is 1. The summed E-state index contributed by atoms with van der Waals surface area (Å²) in [4.78, 5) is 15.4. The highest BCUT2D eigenvalue weighted by Gasteiger charge is 2.26. The van der Waals surface area contributed by atoms with Crippen molar-refractivity contribution >= 4 is 29.3 Å². The highest BCUT2D eigenvalue weighted by molar-refractivity contribution is 8.00. The highest BCUT2D eigenvalue weighted by Crippen LogP contribution is 2.39. The molecular formula is C20H22OS2. The van der Waals surface area contributed by atoms with Crippen LogP contribution in [0.5, 0.6) is 0 Å². The van der Waals surface area contributed by atoms with Crippen molar-refractivity contribution in [3.8, 4) is 0 Å². The van der Waals surface area contributed by atoms with Crippen molar-refractivity contribution in [3.05, 3.63) is 58.7 Å². The summed E-state index contributed by atoms with van der Waals surface area (Å²) in [6.07, 6.45) is 0.860. The van der Waals surface area contributed by atoms with Crippen molar-refractivity contribution in [3.63, 3.8) is 0 Å². The van der Waals surface area contributed by atoms with E-state index in [2.05, 4.69) is 45.9 Å². The van der Waals surface area contributed by atoms with Gasteiger partial charge in [-0.05, 0) is 23.3 Å². The van der Waals surface area contributed by atoms with Crippen molar-refractivity contribution < 1.29 is 4.79 Å². The second kappa shape index (κ2) is 6.74. The van der Waals surface area contributed by atoms with E-state index in [1.165, 1.54) is 15.4 Å². The molecule has 0 saturated carbocycles. The first kappa shape index (κ1) is 16.7. The number of benzene rings is 2. The molecule has 2 aromatic rings. The zero-order chi connectivity index (χ0) is 16.6. The summed E-state index contributed by atoms with van der Waals surface area (Å²) in [6, 6.07) is 12.4. The third kappa shape index (κ3) is 3.51. The Balaban J connectivity index is 2.12. The molecule has 23 heavy (non-hydrogen) atoms. The van der Waals surface area contributed by atoms with Crippen LogP contribution in [0, 0.1) is 0 Å². The van der Waals surface area contributed by atoms with E-state index in [1.807, 2.05) is 41.7 Å². The van der Waals surface area contributed by atoms with Gasteiger partial charge in [0.15, 0.2) is 5.78 Å². The molecule has 0 spiro atoms. The highest BCUT2D eigenvalue weighted by atomic mass is 32.2. The van der Waals surface area contributed by atoms with Gasteiger partial charge < -0.3 is 0 Å². The quantitative estimate of drug-likeness (QED) is 0.556. The monoisotopic (exact) mass is 342 g/mol. The van der Waals surface area contributed by atoms with Gasteiger partial charge in [0.1, 0.15) is 0 Å². The zero-order valence-electron chi connectivity index (χ0n) is 14.1. The maximum Gasteiger partial charge on any atom is 0.193 e. The topological polar surface area (TPSA) is 17.1 Å². The average Bonchev–Trinajstić information content (AvgIpc) is 2.47. The van der Waals surface area contributed by atoms with Gasteiger partial charge in [0.25, 0.3) is 0 Å². The van der Waals surface area contributed by atoms with Gasteiger partial charge in [-0.25, -0.2) is 0 Å². The Labute approximate surface area is 147 Å². The fourth-order valence-electron chi connectivity index (χ4n) is 2.94. The Hall–Kier alpha value is -1.19. The van der Waals surface area contributed by atoms with Crippen molar-refractivity contribution in [2.45, 2.75) is 54.4 Å². The van der Waals surface area contributed by atoms with Gasteiger partial charge in [-0.1, -0.05) is 52.0 Å². The first-order chi connectivity index (χ1) is 11.0. The van der Waals surface area contributed by atoms with Crippen molar-refractivity contribution in [2.24, 2.45) is 0 Å². The number of ketones is 1. The first-order valence-electron chi connectivity index (χ1n) is 8.08. The van der Waals surface area contributed by atoms with Crippen molar-refractivity contribution in [1.82, 2.24) is 0 Å². The van der Waals surface area contributed by atoms with Crippen LogP contribution >= 0.6 is 23.5 Å². The minimum absolute atomic E-state index is 0.179. The van der Waals surface area contributed by atoms with E-state index in [9.17, 15) is 4.79 Å². The Morgan fingerprint density at radius 3 is 2.30 bits per heavy atom. The standard InChI is InChI=1S/C20H22OS2/c1-12(2)22-15-10-18-17(19(11-15)23-13(3)4)9-14-7-5-6-8-16(14)20(18)21/h5-8,10-13H,9H2,1-4H3. The molecule has 1 aliphatic rings. The average molecular weight is 343 g/mol. The molecule has 3 rings (SSSR count). The lowest BCUT2D eigenvalue weighted by molar-refractivity contribution is 0.103. The number of thioether (sulfide) groups is 2. The second-order valence-electron chi connectivity index (χ2n) is 6.44. The number of rotatable bonds is 4. The van der Waals surface area contributed by atoms with E-state index in [1.54, 1.807) is 0 Å². The maximum atomic E-state index is 13.0. The Bertz CT molecular complexity index is 747. The summed E-state index contributed by atoms with van der Waals surface area (Å²) in [5.41, 5.74) is 4.13. The molecular weight excluding hydrogens is 320 g/mol. The van der Waals surface area contributed by atoms with Crippen LogP contribution in [0.25, 0.3) is 0 Å². The second-order valence-corrected chi connectivity index (χ2v) is 9.71. The SMILES string of the molecule is CC(C)Sc1cc(SC(C)C)c2c(c1)C(=O)c1ccccc1C2. The van der Waals surface area contributed by atoms with Crippen LogP contribution in [0.15, 0.2) is 46.2 Å². The Morgan fingerprint density at radius 1 is 0.913 bits per heavy atom. The lowest BCUT2D eigenvalue weighted by atomic mass is 9.85. The van der Waals surface area contributed by atoms with Gasteiger partial charge >= 0.3 is 0 Å². The predicted octanol–water partition coefficient (Wildman–Crippen LogP) is 5.82. The molecule has 0 atom stereocenters. The van der Waals surface area contributed by atoms with Crippen LogP contribution < -0.4 is 0 Å². The fourth-order valence-corrected chi connectivity index (χ4v) is 4.95. The molecule has 0 N–H and O–H groups in total. The van der Waals surface area contributed by atoms with Crippen LogP contribution in [0.4, 0.5) is 0 Å². The molecule has 0 heterocycles. The molecule has 2 aromatic carbocycles. The Kier molecular flexibility index (Phi) is 4.88. The molecule has 0 saturated heterocycles. The minimum atomic E-state index is 0.179. The first-order valence-corrected chi connectivity index (χ1v) is 9.84. The van der Waals surface area contributed by atoms with E-state index < -0.39 is 0 Å². The molecule has 0 aromatic heterocycles. The van der Waals surface area contributed by atoms with Gasteiger partial charge in [0, 0.05) is 37.8 Å². The van der Waals surface area contributed by atoms with Gasteiger partial charge in [-0.2, -0.15) is 0 Å². The van der Waals surface area contributed by atoms with Crippen LogP contribution in [0.1, 0.15) is 54.7 Å². The number of hydrogen-bond donors (Lipinski definition) is 0. The van der Waals surface area contributed by atoms with Crippen LogP contribution in [-0.4, -0.2) is 16.3 Å². The summed E-state index contributed by atoms with van der Waals surface area (Å²) in [5.74, 6) is 0.179. The molecule has 1 aliphatic carbocycles. The summed E-state index contributed by atoms with van der Waals surface area (Å²) >= 11 is 3.70. The third-order valence-electron chi connectivity index (χ3n) is 3.79. The fraction of sp³-hybridized carbons (Fsp3) is 0.350. The molecule has 1 nitrogen and oxygen atoms in total. The third-order valence-corrected chi connectivity index (χ3v) is 5.86. The lowest BCUT2D eigenvalue weighted by Gasteiger charge is -2.23. The molecule has 0 fully saturated rings. The molecule has 120 valence electrons. The molecule has 0 amide bonds. The molecule has 0 bridgehead atoms. The van der Waals surface area contributed by atoms with Gasteiger partial charge in [-0.3, -0.25) is 4.79 Å². The largest absolute Gasteiger partial charge is 0.289 e. The predicted molar refractivity (Wildman–Crippen MR) is 101 cm³/mol. The summed E-state index contributed by atoms with van der Waals surface area (Å²) in [7, 11) is 0. The Morgan fingerprint density at radius 2 is 1.61 bits per heavy atom. The van der Waals surface area contributed by atoms with E-state index >= 15 is 0 Å². The van der Waals surface area contributed by atoms with Crippen molar-refractivity contribution in [1.29, 1.82) is 0 Å². The lowest BCUT2D eigenvalue weighted by Crippen LogP contribution is -2.16. The summed E-state index contributed by atoms with van der Waals surface area (Å²) < 4.78 is 0. The van der Waals surface area contributed by atoms with Gasteiger partial charge in [0.2, 0.25) is 0 Å². The van der Waals surface area contributed by atoms with E-state index in [0.29, 0.717) is 10.5 Å². The van der Waals surface area contributed by atoms with Crippen molar-refractivity contribution in [2.75, 3.05) is 0 Å².